The van der Waals surface area contributed by atoms with Gasteiger partial charge in [0.2, 0.25) is 0 Å². The van der Waals surface area contributed by atoms with E-state index in [0.29, 0.717) is 24.4 Å². The summed E-state index contributed by atoms with van der Waals surface area (Å²) >= 11 is 0. The van der Waals surface area contributed by atoms with Gasteiger partial charge in [-0.15, -0.1) is 0 Å². The van der Waals surface area contributed by atoms with E-state index in [4.69, 9.17) is 10.6 Å². The van der Waals surface area contributed by atoms with Gasteiger partial charge in [0, 0.05) is 11.8 Å². The third kappa shape index (κ3) is 2.64. The highest BCUT2D eigenvalue weighted by atomic mass is 16.5. The maximum atomic E-state index is 5.62. The number of nitrogens with two attached hydrogens (primary N) is 1. The first-order chi connectivity index (χ1) is 7.28. The second-order valence-electron chi connectivity index (χ2n) is 3.82. The molecule has 1 heterocycles. The lowest BCUT2D eigenvalue weighted by Gasteiger charge is -2.25. The number of hydrazine groups is 1. The van der Waals surface area contributed by atoms with E-state index in [1.165, 1.54) is 6.42 Å². The van der Waals surface area contributed by atoms with Gasteiger partial charge in [-0.25, -0.2) is 15.8 Å². The molecule has 1 fully saturated rings. The third-order valence-electron chi connectivity index (χ3n) is 2.55. The number of ether oxygens (including phenoxy) is 1. The molecule has 1 aromatic heterocycles. The Labute approximate surface area is 89.0 Å². The fourth-order valence-electron chi connectivity index (χ4n) is 1.50. The molecule has 82 valence electrons. The molecule has 0 aromatic carbocycles. The van der Waals surface area contributed by atoms with Crippen molar-refractivity contribution < 1.29 is 4.74 Å². The van der Waals surface area contributed by atoms with Crippen LogP contribution in [0, 0.1) is 6.92 Å². The lowest BCUT2D eigenvalue weighted by Crippen LogP contribution is -2.22. The normalized spacial score (nSPS) is 16.1. The summed E-state index contributed by atoms with van der Waals surface area (Å²) in [5.74, 6) is 6.62. The van der Waals surface area contributed by atoms with Crippen molar-refractivity contribution in [3.05, 3.63) is 17.6 Å². The Bertz CT molecular complexity index is 338. The molecule has 0 bridgehead atoms. The largest absolute Gasteiger partial charge is 0.370 e. The zero-order valence-electron chi connectivity index (χ0n) is 8.86. The van der Waals surface area contributed by atoms with Crippen molar-refractivity contribution >= 4 is 5.82 Å². The summed E-state index contributed by atoms with van der Waals surface area (Å²) in [6, 6.07) is 1.80. The maximum absolute atomic E-state index is 5.62. The molecule has 0 spiro atoms. The Morgan fingerprint density at radius 3 is 2.93 bits per heavy atom. The van der Waals surface area contributed by atoms with Gasteiger partial charge in [0.05, 0.1) is 6.10 Å². The van der Waals surface area contributed by atoms with Crippen LogP contribution >= 0.6 is 0 Å². The minimum absolute atomic E-state index is 0.406. The third-order valence-corrected chi connectivity index (χ3v) is 2.55. The van der Waals surface area contributed by atoms with Crippen LogP contribution in [0.1, 0.15) is 30.8 Å². The molecule has 3 N–H and O–H groups in total. The van der Waals surface area contributed by atoms with Gasteiger partial charge in [-0.3, -0.25) is 0 Å². The highest BCUT2D eigenvalue weighted by Gasteiger charge is 2.18. The van der Waals surface area contributed by atoms with Gasteiger partial charge in [-0.1, -0.05) is 0 Å². The smallest absolute Gasteiger partial charge is 0.156 e. The second kappa shape index (κ2) is 4.55. The van der Waals surface area contributed by atoms with Crippen LogP contribution in [0.5, 0.6) is 0 Å². The molecule has 0 saturated heterocycles. The predicted octanol–water partition coefficient (Wildman–Crippen LogP) is 1.14. The predicted molar refractivity (Wildman–Crippen MR) is 57.0 cm³/mol. The van der Waals surface area contributed by atoms with Crippen LogP contribution in [0.15, 0.2) is 6.07 Å². The van der Waals surface area contributed by atoms with Crippen molar-refractivity contribution in [3.8, 4) is 0 Å². The number of hydrogen-bond acceptors (Lipinski definition) is 5. The molecule has 0 atom stereocenters. The van der Waals surface area contributed by atoms with E-state index in [-0.39, 0.29) is 0 Å². The maximum Gasteiger partial charge on any atom is 0.156 e. The van der Waals surface area contributed by atoms with Crippen molar-refractivity contribution in [1.29, 1.82) is 0 Å². The number of nitrogen functional groups attached to an aromatic ring is 1. The van der Waals surface area contributed by atoms with Crippen molar-refractivity contribution in [3.63, 3.8) is 0 Å². The Hall–Kier alpha value is -1.20. The number of nitrogens with zero attached hydrogens (tertiary/aromatic N) is 2. The first-order valence-electron chi connectivity index (χ1n) is 5.20. The number of aromatic nitrogens is 2. The average molecular weight is 208 g/mol. The molecule has 1 saturated carbocycles. The average Bonchev–Trinajstić information content (AvgIpc) is 2.14. The molecule has 0 amide bonds. The molecule has 0 unspecified atom stereocenters. The molecule has 1 aliphatic rings. The Kier molecular flexibility index (Phi) is 3.13. The van der Waals surface area contributed by atoms with E-state index in [1.54, 1.807) is 6.07 Å². The fraction of sp³-hybridized carbons (Fsp3) is 0.600. The summed E-state index contributed by atoms with van der Waals surface area (Å²) < 4.78 is 5.62. The van der Waals surface area contributed by atoms with Gasteiger partial charge in [0.15, 0.2) is 5.82 Å². The Balaban J connectivity index is 1.96. The minimum atomic E-state index is 0.406. The molecule has 5 heteroatoms. The number of aryl methyl sites for hydroxylation is 1. The van der Waals surface area contributed by atoms with Crippen LogP contribution < -0.4 is 11.3 Å². The summed E-state index contributed by atoms with van der Waals surface area (Å²) in [4.78, 5) is 8.49. The topological polar surface area (TPSA) is 73.1 Å². The highest BCUT2D eigenvalue weighted by molar-refractivity contribution is 5.33. The van der Waals surface area contributed by atoms with Gasteiger partial charge < -0.3 is 10.2 Å². The fourth-order valence-corrected chi connectivity index (χ4v) is 1.50. The molecule has 2 rings (SSSR count). The lowest BCUT2D eigenvalue weighted by molar-refractivity contribution is -0.0116. The zero-order valence-corrected chi connectivity index (χ0v) is 8.86. The summed E-state index contributed by atoms with van der Waals surface area (Å²) in [7, 11) is 0. The molecular formula is C10H16N4O. The van der Waals surface area contributed by atoms with Crippen molar-refractivity contribution in [1.82, 2.24) is 9.97 Å². The van der Waals surface area contributed by atoms with Gasteiger partial charge >= 0.3 is 0 Å². The summed E-state index contributed by atoms with van der Waals surface area (Å²) in [6.45, 7) is 2.39. The number of nitrogens with one attached hydrogen (secondary N) is 1. The molecule has 15 heavy (non-hydrogen) atoms. The lowest BCUT2D eigenvalue weighted by atomic mass is 9.96. The Morgan fingerprint density at radius 2 is 2.33 bits per heavy atom. The number of anilines is 1. The number of rotatable bonds is 4. The highest BCUT2D eigenvalue weighted by Crippen LogP contribution is 2.22. The first kappa shape index (κ1) is 10.3. The molecule has 1 aliphatic carbocycles. The monoisotopic (exact) mass is 208 g/mol. The van der Waals surface area contributed by atoms with Crippen molar-refractivity contribution in [2.24, 2.45) is 5.84 Å². The van der Waals surface area contributed by atoms with Crippen molar-refractivity contribution in [2.45, 2.75) is 38.9 Å². The van der Waals surface area contributed by atoms with Crippen LogP contribution in [0.2, 0.25) is 0 Å². The van der Waals surface area contributed by atoms with Crippen LogP contribution in [0.25, 0.3) is 0 Å². The van der Waals surface area contributed by atoms with E-state index in [1.807, 2.05) is 6.92 Å². The quantitative estimate of drug-likeness (QED) is 0.573. The first-order valence-corrected chi connectivity index (χ1v) is 5.20. The summed E-state index contributed by atoms with van der Waals surface area (Å²) in [5.41, 5.74) is 3.41. The van der Waals surface area contributed by atoms with Gasteiger partial charge in [-0.05, 0) is 26.2 Å². The molecule has 0 radical (unpaired) electrons. The van der Waals surface area contributed by atoms with Crippen LogP contribution in [-0.2, 0) is 11.3 Å². The summed E-state index contributed by atoms with van der Waals surface area (Å²) in [6.07, 6.45) is 4.00. The van der Waals surface area contributed by atoms with Crippen molar-refractivity contribution in [2.75, 3.05) is 5.43 Å². The van der Waals surface area contributed by atoms with Crippen LogP contribution in [0.4, 0.5) is 5.82 Å². The van der Waals surface area contributed by atoms with Gasteiger partial charge in [-0.2, -0.15) is 0 Å². The van der Waals surface area contributed by atoms with Gasteiger partial charge in [0.25, 0.3) is 0 Å². The van der Waals surface area contributed by atoms with E-state index in [9.17, 15) is 0 Å². The molecule has 1 aromatic rings. The molecule has 5 nitrogen and oxygen atoms in total. The second-order valence-corrected chi connectivity index (χ2v) is 3.82. The van der Waals surface area contributed by atoms with Crippen LogP contribution in [0.3, 0.4) is 0 Å². The van der Waals surface area contributed by atoms with E-state index >= 15 is 0 Å². The molecule has 0 aliphatic heterocycles. The van der Waals surface area contributed by atoms with Gasteiger partial charge in [0.1, 0.15) is 12.4 Å². The SMILES string of the molecule is Cc1cc(NN)nc(COC2CCC2)n1. The Morgan fingerprint density at radius 1 is 1.53 bits per heavy atom. The minimum Gasteiger partial charge on any atom is -0.370 e. The van der Waals surface area contributed by atoms with E-state index in [2.05, 4.69) is 15.4 Å². The molecular weight excluding hydrogens is 192 g/mol. The van der Waals surface area contributed by atoms with Crippen LogP contribution in [-0.4, -0.2) is 16.1 Å². The van der Waals surface area contributed by atoms with E-state index in [0.717, 1.165) is 18.5 Å². The summed E-state index contributed by atoms with van der Waals surface area (Å²) in [5, 5.41) is 0. The zero-order chi connectivity index (χ0) is 10.7. The standard InChI is InChI=1S/C10H16N4O/c1-7-5-9(14-11)13-10(12-7)6-15-8-3-2-4-8/h5,8H,2-4,6,11H2,1H3,(H,12,13,14). The van der Waals surface area contributed by atoms with E-state index < -0.39 is 0 Å². The number of hydrogen-bond donors (Lipinski definition) is 2.